The standard InChI is InChI=1S/C14H11Cl2N5S2/c1-2-5-17-13(22)18-12-19-14-21(20-12)11(7-23-14)9-6-8(15)3-4-10(9)16/h2-4,6-7H,1,5H2,(H2,17,18,20,22). The molecule has 5 nitrogen and oxygen atoms in total. The maximum Gasteiger partial charge on any atom is 0.250 e. The van der Waals surface area contributed by atoms with Gasteiger partial charge in [0, 0.05) is 22.5 Å². The first kappa shape index (κ1) is 16.2. The third kappa shape index (κ3) is 3.48. The van der Waals surface area contributed by atoms with Gasteiger partial charge in [-0.15, -0.1) is 23.0 Å². The molecule has 3 aromatic rings. The van der Waals surface area contributed by atoms with Gasteiger partial charge in [-0.3, -0.25) is 5.32 Å². The summed E-state index contributed by atoms with van der Waals surface area (Å²) in [7, 11) is 0. The van der Waals surface area contributed by atoms with Gasteiger partial charge in [-0.25, -0.2) is 4.52 Å². The first-order valence-electron chi connectivity index (χ1n) is 6.54. The minimum Gasteiger partial charge on any atom is -0.359 e. The molecule has 9 heteroatoms. The molecule has 23 heavy (non-hydrogen) atoms. The number of thiocarbonyl (C=S) groups is 1. The van der Waals surface area contributed by atoms with Crippen molar-refractivity contribution in [2.24, 2.45) is 0 Å². The number of hydrogen-bond donors (Lipinski definition) is 2. The number of nitrogens with one attached hydrogen (secondary N) is 2. The van der Waals surface area contributed by atoms with Crippen molar-refractivity contribution in [1.29, 1.82) is 0 Å². The van der Waals surface area contributed by atoms with Crippen LogP contribution in [0.15, 0.2) is 36.2 Å². The van der Waals surface area contributed by atoms with E-state index < -0.39 is 0 Å². The Morgan fingerprint density at radius 3 is 3.04 bits per heavy atom. The highest BCUT2D eigenvalue weighted by Crippen LogP contribution is 2.33. The van der Waals surface area contributed by atoms with Crippen LogP contribution in [0, 0.1) is 0 Å². The van der Waals surface area contributed by atoms with Crippen molar-refractivity contribution in [2.75, 3.05) is 11.9 Å². The van der Waals surface area contributed by atoms with Crippen LogP contribution in [-0.4, -0.2) is 26.3 Å². The van der Waals surface area contributed by atoms with E-state index in [1.165, 1.54) is 11.3 Å². The van der Waals surface area contributed by atoms with Crippen molar-refractivity contribution < 1.29 is 0 Å². The number of rotatable bonds is 4. The average Bonchev–Trinajstić information content (AvgIpc) is 3.07. The Hall–Kier alpha value is -1.67. The monoisotopic (exact) mass is 383 g/mol. The summed E-state index contributed by atoms with van der Waals surface area (Å²) in [6.07, 6.45) is 1.71. The number of aromatic nitrogens is 3. The van der Waals surface area contributed by atoms with E-state index in [1.807, 2.05) is 5.38 Å². The van der Waals surface area contributed by atoms with E-state index in [1.54, 1.807) is 28.8 Å². The molecule has 0 unspecified atom stereocenters. The highest BCUT2D eigenvalue weighted by molar-refractivity contribution is 7.80. The van der Waals surface area contributed by atoms with Gasteiger partial charge >= 0.3 is 0 Å². The van der Waals surface area contributed by atoms with Crippen molar-refractivity contribution in [2.45, 2.75) is 0 Å². The highest BCUT2D eigenvalue weighted by Gasteiger charge is 2.14. The lowest BCUT2D eigenvalue weighted by Crippen LogP contribution is -2.28. The molecule has 2 heterocycles. The molecule has 2 aromatic heterocycles. The summed E-state index contributed by atoms with van der Waals surface area (Å²) in [6.45, 7) is 4.19. The maximum atomic E-state index is 6.27. The zero-order chi connectivity index (χ0) is 16.4. The van der Waals surface area contributed by atoms with Gasteiger partial charge in [0.25, 0.3) is 0 Å². The zero-order valence-electron chi connectivity index (χ0n) is 11.7. The largest absolute Gasteiger partial charge is 0.359 e. The molecule has 0 amide bonds. The summed E-state index contributed by atoms with van der Waals surface area (Å²) >= 11 is 18.9. The van der Waals surface area contributed by atoms with Crippen molar-refractivity contribution in [1.82, 2.24) is 19.9 Å². The molecule has 0 aliphatic rings. The average molecular weight is 384 g/mol. The molecule has 0 radical (unpaired) electrons. The lowest BCUT2D eigenvalue weighted by Gasteiger charge is -2.05. The molecule has 0 aliphatic heterocycles. The Labute approximate surface area is 151 Å². The molecular weight excluding hydrogens is 373 g/mol. The minimum absolute atomic E-state index is 0.415. The second-order valence-corrected chi connectivity index (χ2v) is 6.59. The zero-order valence-corrected chi connectivity index (χ0v) is 14.9. The molecule has 0 spiro atoms. The summed E-state index contributed by atoms with van der Waals surface area (Å²) in [4.78, 5) is 5.12. The number of nitrogens with zero attached hydrogens (tertiary/aromatic N) is 3. The van der Waals surface area contributed by atoms with E-state index in [4.69, 9.17) is 35.4 Å². The predicted octanol–water partition coefficient (Wildman–Crippen LogP) is 4.24. The van der Waals surface area contributed by atoms with Crippen LogP contribution in [0.3, 0.4) is 0 Å². The van der Waals surface area contributed by atoms with Gasteiger partial charge in [-0.05, 0) is 30.4 Å². The highest BCUT2D eigenvalue weighted by atomic mass is 35.5. The van der Waals surface area contributed by atoms with E-state index in [0.717, 1.165) is 16.2 Å². The Morgan fingerprint density at radius 2 is 2.26 bits per heavy atom. The quantitative estimate of drug-likeness (QED) is 0.521. The lowest BCUT2D eigenvalue weighted by atomic mass is 10.2. The molecule has 0 atom stereocenters. The van der Waals surface area contributed by atoms with E-state index in [-0.39, 0.29) is 0 Å². The smallest absolute Gasteiger partial charge is 0.250 e. The number of halogens is 2. The number of anilines is 1. The number of fused-ring (bicyclic) bond motifs is 1. The summed E-state index contributed by atoms with van der Waals surface area (Å²) in [5.74, 6) is 0.415. The Balaban J connectivity index is 1.93. The first-order valence-corrected chi connectivity index (χ1v) is 8.58. The van der Waals surface area contributed by atoms with Crippen molar-refractivity contribution in [3.8, 4) is 11.3 Å². The molecule has 0 fully saturated rings. The van der Waals surface area contributed by atoms with Crippen LogP contribution in [-0.2, 0) is 0 Å². The Bertz CT molecular complexity index is 887. The second kappa shape index (κ2) is 6.84. The van der Waals surface area contributed by atoms with Crippen LogP contribution in [0.1, 0.15) is 0 Å². The molecule has 1 aromatic carbocycles. The van der Waals surface area contributed by atoms with Crippen LogP contribution < -0.4 is 10.6 Å². The molecule has 0 saturated carbocycles. The fraction of sp³-hybridized carbons (Fsp3) is 0.0714. The molecule has 3 rings (SSSR count). The lowest BCUT2D eigenvalue weighted by molar-refractivity contribution is 0.985. The van der Waals surface area contributed by atoms with Gasteiger partial charge in [0.15, 0.2) is 5.11 Å². The normalized spacial score (nSPS) is 10.7. The Morgan fingerprint density at radius 1 is 1.43 bits per heavy atom. The number of benzene rings is 1. The maximum absolute atomic E-state index is 6.27. The fourth-order valence-corrected chi connectivity index (χ4v) is 3.31. The van der Waals surface area contributed by atoms with Crippen molar-refractivity contribution in [3.05, 3.63) is 46.3 Å². The first-order chi connectivity index (χ1) is 11.1. The van der Waals surface area contributed by atoms with Gasteiger partial charge in [0.1, 0.15) is 0 Å². The Kier molecular flexibility index (Phi) is 4.82. The number of thiazole rings is 1. The third-order valence-electron chi connectivity index (χ3n) is 2.92. The van der Waals surface area contributed by atoms with E-state index in [9.17, 15) is 0 Å². The topological polar surface area (TPSA) is 54.2 Å². The van der Waals surface area contributed by atoms with Crippen LogP contribution in [0.2, 0.25) is 10.0 Å². The van der Waals surface area contributed by atoms with Crippen molar-refractivity contribution in [3.63, 3.8) is 0 Å². The second-order valence-electron chi connectivity index (χ2n) is 4.50. The van der Waals surface area contributed by atoms with Gasteiger partial charge in [-0.2, -0.15) is 4.98 Å². The van der Waals surface area contributed by atoms with E-state index in [0.29, 0.717) is 27.7 Å². The van der Waals surface area contributed by atoms with Crippen LogP contribution >= 0.6 is 46.8 Å². The molecular formula is C14H11Cl2N5S2. The van der Waals surface area contributed by atoms with Crippen molar-refractivity contribution >= 4 is 62.8 Å². The summed E-state index contributed by atoms with van der Waals surface area (Å²) in [5.41, 5.74) is 1.62. The van der Waals surface area contributed by atoms with Gasteiger partial charge in [-0.1, -0.05) is 29.3 Å². The van der Waals surface area contributed by atoms with Gasteiger partial charge in [0.05, 0.1) is 10.7 Å². The summed E-state index contributed by atoms with van der Waals surface area (Å²) < 4.78 is 1.71. The predicted molar refractivity (Wildman–Crippen MR) is 101 cm³/mol. The minimum atomic E-state index is 0.415. The van der Waals surface area contributed by atoms with E-state index in [2.05, 4.69) is 27.3 Å². The van der Waals surface area contributed by atoms with Gasteiger partial charge < -0.3 is 5.32 Å². The van der Waals surface area contributed by atoms with Crippen LogP contribution in [0.4, 0.5) is 5.95 Å². The van der Waals surface area contributed by atoms with Crippen LogP contribution in [0.5, 0.6) is 0 Å². The molecule has 2 N–H and O–H groups in total. The third-order valence-corrected chi connectivity index (χ3v) is 4.55. The molecule has 0 saturated heterocycles. The fourth-order valence-electron chi connectivity index (χ4n) is 1.92. The molecule has 118 valence electrons. The SMILES string of the molecule is C=CCNC(=S)Nc1nc2scc(-c3cc(Cl)ccc3Cl)n2n1. The summed E-state index contributed by atoms with van der Waals surface area (Å²) in [6, 6.07) is 5.30. The molecule has 0 bridgehead atoms. The van der Waals surface area contributed by atoms with Crippen LogP contribution in [0.25, 0.3) is 16.2 Å². The number of hydrogen-bond acceptors (Lipinski definition) is 4. The molecule has 0 aliphatic carbocycles. The van der Waals surface area contributed by atoms with E-state index >= 15 is 0 Å². The van der Waals surface area contributed by atoms with Gasteiger partial charge in [0.2, 0.25) is 10.9 Å². The summed E-state index contributed by atoms with van der Waals surface area (Å²) in [5, 5.41) is 13.9.